The number of halogens is 1. The van der Waals surface area contributed by atoms with E-state index in [0.717, 1.165) is 0 Å². The minimum atomic E-state index is -0.972. The molecule has 0 bridgehead atoms. The smallest absolute Gasteiger partial charge is 0.300 e. The van der Waals surface area contributed by atoms with E-state index < -0.39 is 23.5 Å². The first kappa shape index (κ1) is 17.6. The molecule has 0 radical (unpaired) electrons. The molecule has 4 rings (SSSR count). The molecule has 138 valence electrons. The fourth-order valence-corrected chi connectivity index (χ4v) is 3.34. The Labute approximate surface area is 160 Å². The van der Waals surface area contributed by atoms with E-state index in [1.807, 2.05) is 0 Å². The SMILES string of the molecule is O=C1C(=O)N(c2cccnc2)C(c2cccc(F)c2)/C1=C(/O)c1ccccc1. The second kappa shape index (κ2) is 7.08. The molecule has 28 heavy (non-hydrogen) atoms. The molecule has 6 heteroatoms. The second-order valence-corrected chi connectivity index (χ2v) is 6.30. The summed E-state index contributed by atoms with van der Waals surface area (Å²) in [7, 11) is 0. The number of Topliss-reactive ketones (excluding diaryl/α,β-unsaturated/α-hetero) is 1. The van der Waals surface area contributed by atoms with Crippen molar-refractivity contribution in [1.29, 1.82) is 0 Å². The molecular weight excluding hydrogens is 359 g/mol. The Morgan fingerprint density at radius 1 is 1.00 bits per heavy atom. The van der Waals surface area contributed by atoms with E-state index in [1.165, 1.54) is 29.3 Å². The van der Waals surface area contributed by atoms with Crippen molar-refractivity contribution < 1.29 is 19.1 Å². The first-order chi connectivity index (χ1) is 13.6. The first-order valence-electron chi connectivity index (χ1n) is 8.60. The number of aliphatic hydroxyl groups excluding tert-OH is 1. The van der Waals surface area contributed by atoms with E-state index in [1.54, 1.807) is 54.7 Å². The van der Waals surface area contributed by atoms with E-state index in [9.17, 15) is 19.1 Å². The number of amides is 1. The van der Waals surface area contributed by atoms with Crippen molar-refractivity contribution in [3.63, 3.8) is 0 Å². The summed E-state index contributed by atoms with van der Waals surface area (Å²) in [5.74, 6) is -2.45. The predicted octanol–water partition coefficient (Wildman–Crippen LogP) is 3.85. The molecule has 2 heterocycles. The van der Waals surface area contributed by atoms with Gasteiger partial charge < -0.3 is 5.11 Å². The molecule has 0 spiro atoms. The van der Waals surface area contributed by atoms with Gasteiger partial charge in [-0.05, 0) is 29.8 Å². The highest BCUT2D eigenvalue weighted by Crippen LogP contribution is 2.41. The van der Waals surface area contributed by atoms with Crippen LogP contribution in [0.3, 0.4) is 0 Å². The number of carbonyl (C=O) groups is 2. The Bertz CT molecular complexity index is 1080. The standard InChI is InChI=1S/C22H15FN2O3/c23-16-9-4-8-15(12-16)19-18(20(26)14-6-2-1-3-7-14)21(27)22(28)25(19)17-10-5-11-24-13-17/h1-13,19,26H/b20-18-. The minimum absolute atomic E-state index is 0.0920. The molecule has 1 fully saturated rings. The molecule has 2 aromatic carbocycles. The van der Waals surface area contributed by atoms with Gasteiger partial charge >= 0.3 is 0 Å². The van der Waals surface area contributed by atoms with Gasteiger partial charge in [0.05, 0.1) is 23.5 Å². The summed E-state index contributed by atoms with van der Waals surface area (Å²) in [4.78, 5) is 30.9. The maximum absolute atomic E-state index is 13.9. The lowest BCUT2D eigenvalue weighted by Crippen LogP contribution is -2.29. The van der Waals surface area contributed by atoms with E-state index >= 15 is 0 Å². The van der Waals surface area contributed by atoms with Crippen LogP contribution in [0.25, 0.3) is 5.76 Å². The quantitative estimate of drug-likeness (QED) is 0.430. The second-order valence-electron chi connectivity index (χ2n) is 6.30. The van der Waals surface area contributed by atoms with Crippen LogP contribution < -0.4 is 4.90 Å². The molecule has 3 aromatic rings. The highest BCUT2D eigenvalue weighted by Gasteiger charge is 2.47. The fourth-order valence-electron chi connectivity index (χ4n) is 3.34. The number of pyridine rings is 1. The van der Waals surface area contributed by atoms with Gasteiger partial charge in [0.2, 0.25) is 0 Å². The van der Waals surface area contributed by atoms with Gasteiger partial charge in [-0.2, -0.15) is 0 Å². The third kappa shape index (κ3) is 2.95. The van der Waals surface area contributed by atoms with Gasteiger partial charge in [0.1, 0.15) is 11.6 Å². The molecule has 1 unspecified atom stereocenters. The van der Waals surface area contributed by atoms with Crippen molar-refractivity contribution >= 4 is 23.1 Å². The number of aliphatic hydroxyl groups is 1. The van der Waals surface area contributed by atoms with Gasteiger partial charge in [0.25, 0.3) is 11.7 Å². The highest BCUT2D eigenvalue weighted by atomic mass is 19.1. The average molecular weight is 374 g/mol. The molecule has 1 aliphatic heterocycles. The fraction of sp³-hybridized carbons (Fsp3) is 0.0455. The molecular formula is C22H15FN2O3. The maximum Gasteiger partial charge on any atom is 0.300 e. The number of aromatic nitrogens is 1. The van der Waals surface area contributed by atoms with Crippen molar-refractivity contribution in [3.8, 4) is 0 Å². The van der Waals surface area contributed by atoms with Crippen LogP contribution in [-0.4, -0.2) is 21.8 Å². The van der Waals surface area contributed by atoms with Crippen molar-refractivity contribution in [1.82, 2.24) is 4.98 Å². The van der Waals surface area contributed by atoms with Gasteiger partial charge in [0, 0.05) is 11.8 Å². The van der Waals surface area contributed by atoms with Crippen molar-refractivity contribution in [2.45, 2.75) is 6.04 Å². The number of ketones is 1. The van der Waals surface area contributed by atoms with Crippen LogP contribution in [0, 0.1) is 5.82 Å². The Kier molecular flexibility index (Phi) is 4.45. The third-order valence-electron chi connectivity index (χ3n) is 4.58. The van der Waals surface area contributed by atoms with Crippen LogP contribution in [-0.2, 0) is 9.59 Å². The summed E-state index contributed by atoms with van der Waals surface area (Å²) >= 11 is 0. The summed E-state index contributed by atoms with van der Waals surface area (Å²) in [5.41, 5.74) is 1.06. The molecule has 1 amide bonds. The van der Waals surface area contributed by atoms with Crippen molar-refractivity contribution in [2.24, 2.45) is 0 Å². The zero-order valence-electron chi connectivity index (χ0n) is 14.6. The molecule has 1 atom stereocenters. The van der Waals surface area contributed by atoms with Gasteiger partial charge in [-0.3, -0.25) is 19.5 Å². The van der Waals surface area contributed by atoms with Gasteiger partial charge in [-0.15, -0.1) is 0 Å². The highest BCUT2D eigenvalue weighted by molar-refractivity contribution is 6.51. The summed E-state index contributed by atoms with van der Waals surface area (Å²) < 4.78 is 13.9. The Balaban J connectivity index is 1.96. The van der Waals surface area contributed by atoms with Crippen LogP contribution in [0.2, 0.25) is 0 Å². The number of nitrogens with zero attached hydrogens (tertiary/aromatic N) is 2. The van der Waals surface area contributed by atoms with E-state index in [4.69, 9.17) is 0 Å². The molecule has 1 aromatic heterocycles. The number of carbonyl (C=O) groups excluding carboxylic acids is 2. The van der Waals surface area contributed by atoms with Gasteiger partial charge in [-0.25, -0.2) is 4.39 Å². The molecule has 5 nitrogen and oxygen atoms in total. The van der Waals surface area contributed by atoms with Crippen LogP contribution in [0.4, 0.5) is 10.1 Å². The lowest BCUT2D eigenvalue weighted by molar-refractivity contribution is -0.132. The van der Waals surface area contributed by atoms with Gasteiger partial charge in [-0.1, -0.05) is 42.5 Å². The maximum atomic E-state index is 13.9. The number of anilines is 1. The third-order valence-corrected chi connectivity index (χ3v) is 4.58. The number of hydrogen-bond donors (Lipinski definition) is 1. The van der Waals surface area contributed by atoms with Crippen LogP contribution in [0.1, 0.15) is 17.2 Å². The lowest BCUT2D eigenvalue weighted by Gasteiger charge is -2.25. The molecule has 1 saturated heterocycles. The summed E-state index contributed by atoms with van der Waals surface area (Å²) in [6.45, 7) is 0. The largest absolute Gasteiger partial charge is 0.507 e. The Morgan fingerprint density at radius 2 is 1.79 bits per heavy atom. The van der Waals surface area contributed by atoms with E-state index in [0.29, 0.717) is 16.8 Å². The molecule has 0 aliphatic carbocycles. The summed E-state index contributed by atoms with van der Waals surface area (Å²) in [6, 6.07) is 16.4. The summed E-state index contributed by atoms with van der Waals surface area (Å²) in [6.07, 6.45) is 2.99. The number of benzene rings is 2. The lowest BCUT2D eigenvalue weighted by atomic mass is 9.95. The zero-order valence-corrected chi connectivity index (χ0v) is 14.6. The van der Waals surface area contributed by atoms with Crippen molar-refractivity contribution in [2.75, 3.05) is 4.90 Å². The minimum Gasteiger partial charge on any atom is -0.507 e. The van der Waals surface area contributed by atoms with Gasteiger partial charge in [0.15, 0.2) is 0 Å². The number of rotatable bonds is 3. The van der Waals surface area contributed by atoms with Crippen LogP contribution in [0.5, 0.6) is 0 Å². The molecule has 0 saturated carbocycles. The van der Waals surface area contributed by atoms with Crippen LogP contribution >= 0.6 is 0 Å². The predicted molar refractivity (Wildman–Crippen MR) is 102 cm³/mol. The Morgan fingerprint density at radius 3 is 2.46 bits per heavy atom. The number of hydrogen-bond acceptors (Lipinski definition) is 4. The zero-order chi connectivity index (χ0) is 19.7. The Hall–Kier alpha value is -3.80. The van der Waals surface area contributed by atoms with Crippen LogP contribution in [0.15, 0.2) is 84.7 Å². The molecule has 1 aliphatic rings. The monoisotopic (exact) mass is 374 g/mol. The van der Waals surface area contributed by atoms with Crippen molar-refractivity contribution in [3.05, 3.63) is 102 Å². The normalized spacial score (nSPS) is 18.5. The topological polar surface area (TPSA) is 70.5 Å². The molecule has 1 N–H and O–H groups in total. The van der Waals surface area contributed by atoms with E-state index in [2.05, 4.69) is 4.98 Å². The average Bonchev–Trinajstić information content (AvgIpc) is 3.00. The first-order valence-corrected chi connectivity index (χ1v) is 8.60. The summed E-state index contributed by atoms with van der Waals surface area (Å²) in [5, 5.41) is 10.8. The van der Waals surface area contributed by atoms with E-state index in [-0.39, 0.29) is 11.3 Å².